The van der Waals surface area contributed by atoms with Crippen molar-refractivity contribution in [2.45, 2.75) is 25.8 Å². The molecule has 2 heterocycles. The highest BCUT2D eigenvalue weighted by molar-refractivity contribution is 6.31. The summed E-state index contributed by atoms with van der Waals surface area (Å²) < 4.78 is 0. The third kappa shape index (κ3) is 3.98. The van der Waals surface area contributed by atoms with E-state index in [2.05, 4.69) is 27.2 Å². The van der Waals surface area contributed by atoms with Gasteiger partial charge in [-0.2, -0.15) is 0 Å². The monoisotopic (exact) mass is 276 g/mol. The van der Waals surface area contributed by atoms with Gasteiger partial charge in [-0.05, 0) is 31.0 Å². The van der Waals surface area contributed by atoms with Crippen LogP contribution in [0.1, 0.15) is 30.6 Å². The van der Waals surface area contributed by atoms with E-state index < -0.39 is 0 Å². The summed E-state index contributed by atoms with van der Waals surface area (Å²) in [5.41, 5.74) is 2.00. The lowest BCUT2D eigenvalue weighted by atomic mass is 10.0. The summed E-state index contributed by atoms with van der Waals surface area (Å²) in [7, 11) is 0. The van der Waals surface area contributed by atoms with Crippen LogP contribution < -0.4 is 5.32 Å². The Labute approximate surface area is 118 Å². The van der Waals surface area contributed by atoms with Gasteiger partial charge in [0.1, 0.15) is 0 Å². The molecule has 1 atom stereocenters. The standard InChI is InChI=1S/C14H17ClN4/c1-2-4-18-13(14-10-17-6-7-19-14)8-11-3-5-16-9-12(11)15/h3,5-7,9-10,13,18H,2,4,8H2,1H3. The van der Waals surface area contributed by atoms with Gasteiger partial charge in [0.15, 0.2) is 0 Å². The topological polar surface area (TPSA) is 50.7 Å². The van der Waals surface area contributed by atoms with Gasteiger partial charge in [-0.1, -0.05) is 18.5 Å². The van der Waals surface area contributed by atoms with Crippen LogP contribution in [0.4, 0.5) is 0 Å². The minimum Gasteiger partial charge on any atom is -0.308 e. The molecule has 0 aliphatic rings. The Balaban J connectivity index is 2.17. The van der Waals surface area contributed by atoms with Crippen molar-refractivity contribution in [2.24, 2.45) is 0 Å². The molecule has 0 aliphatic carbocycles. The van der Waals surface area contributed by atoms with E-state index in [1.54, 1.807) is 31.0 Å². The molecule has 1 unspecified atom stereocenters. The average molecular weight is 277 g/mol. The molecule has 0 aliphatic heterocycles. The van der Waals surface area contributed by atoms with Gasteiger partial charge in [0.25, 0.3) is 0 Å². The summed E-state index contributed by atoms with van der Waals surface area (Å²) in [6.45, 7) is 3.07. The molecule has 0 amide bonds. The third-order valence-electron chi connectivity index (χ3n) is 2.86. The Morgan fingerprint density at radius 2 is 2.05 bits per heavy atom. The lowest BCUT2D eigenvalue weighted by Crippen LogP contribution is -2.25. The van der Waals surface area contributed by atoms with E-state index >= 15 is 0 Å². The molecule has 0 bridgehead atoms. The van der Waals surface area contributed by atoms with Crippen molar-refractivity contribution in [1.82, 2.24) is 20.3 Å². The molecule has 0 aromatic carbocycles. The SMILES string of the molecule is CCCNC(Cc1ccncc1Cl)c1cnccn1. The predicted octanol–water partition coefficient (Wildman–Crippen LogP) is 2.81. The van der Waals surface area contributed by atoms with Gasteiger partial charge >= 0.3 is 0 Å². The van der Waals surface area contributed by atoms with Gasteiger partial charge in [-0.25, -0.2) is 0 Å². The van der Waals surface area contributed by atoms with Crippen molar-refractivity contribution < 1.29 is 0 Å². The Hall–Kier alpha value is -1.52. The lowest BCUT2D eigenvalue weighted by Gasteiger charge is -2.18. The van der Waals surface area contributed by atoms with Gasteiger partial charge in [0.05, 0.1) is 16.8 Å². The normalized spacial score (nSPS) is 12.3. The molecule has 100 valence electrons. The first-order chi connectivity index (χ1) is 9.31. The summed E-state index contributed by atoms with van der Waals surface area (Å²) in [6, 6.07) is 2.06. The van der Waals surface area contributed by atoms with E-state index in [1.807, 2.05) is 6.07 Å². The smallest absolute Gasteiger partial charge is 0.0759 e. The maximum atomic E-state index is 6.16. The van der Waals surface area contributed by atoms with E-state index in [9.17, 15) is 0 Å². The van der Waals surface area contributed by atoms with E-state index in [1.165, 1.54) is 0 Å². The maximum absolute atomic E-state index is 6.16. The quantitative estimate of drug-likeness (QED) is 0.881. The molecule has 19 heavy (non-hydrogen) atoms. The molecule has 2 rings (SSSR count). The van der Waals surface area contributed by atoms with Crippen molar-refractivity contribution in [3.63, 3.8) is 0 Å². The fourth-order valence-electron chi connectivity index (χ4n) is 1.88. The second-order valence-corrected chi connectivity index (χ2v) is 4.72. The van der Waals surface area contributed by atoms with Gasteiger partial charge in [-0.3, -0.25) is 15.0 Å². The van der Waals surface area contributed by atoms with Gasteiger partial charge in [-0.15, -0.1) is 0 Å². The zero-order chi connectivity index (χ0) is 13.5. The second kappa shape index (κ2) is 7.16. The van der Waals surface area contributed by atoms with Crippen LogP contribution in [0.2, 0.25) is 5.02 Å². The Kier molecular flexibility index (Phi) is 5.24. The largest absolute Gasteiger partial charge is 0.308 e. The summed E-state index contributed by atoms with van der Waals surface area (Å²) >= 11 is 6.16. The van der Waals surface area contributed by atoms with Crippen molar-refractivity contribution in [3.8, 4) is 0 Å². The number of hydrogen-bond donors (Lipinski definition) is 1. The minimum absolute atomic E-state index is 0.119. The molecule has 2 aromatic rings. The molecule has 0 radical (unpaired) electrons. The predicted molar refractivity (Wildman–Crippen MR) is 76.0 cm³/mol. The van der Waals surface area contributed by atoms with E-state index in [0.29, 0.717) is 5.02 Å². The van der Waals surface area contributed by atoms with Gasteiger partial charge in [0, 0.05) is 31.0 Å². The number of aromatic nitrogens is 3. The lowest BCUT2D eigenvalue weighted by molar-refractivity contribution is 0.516. The molecule has 2 aromatic heterocycles. The summed E-state index contributed by atoms with van der Waals surface area (Å²) in [4.78, 5) is 12.5. The Morgan fingerprint density at radius 1 is 1.21 bits per heavy atom. The molecule has 0 saturated heterocycles. The first kappa shape index (κ1) is 13.9. The van der Waals surface area contributed by atoms with Crippen molar-refractivity contribution in [3.05, 3.63) is 53.3 Å². The Bertz CT molecular complexity index is 504. The molecule has 0 fully saturated rings. The molecule has 1 N–H and O–H groups in total. The molecule has 0 spiro atoms. The number of halogens is 1. The highest BCUT2D eigenvalue weighted by Gasteiger charge is 2.14. The zero-order valence-corrected chi connectivity index (χ0v) is 11.6. The number of hydrogen-bond acceptors (Lipinski definition) is 4. The molecule has 0 saturated carbocycles. The van der Waals surface area contributed by atoms with Crippen LogP contribution in [0.15, 0.2) is 37.1 Å². The fraction of sp³-hybridized carbons (Fsp3) is 0.357. The maximum Gasteiger partial charge on any atom is 0.0759 e. The molecular formula is C14H17ClN4. The number of pyridine rings is 1. The first-order valence-electron chi connectivity index (χ1n) is 6.39. The highest BCUT2D eigenvalue weighted by Crippen LogP contribution is 2.21. The fourth-order valence-corrected chi connectivity index (χ4v) is 2.08. The first-order valence-corrected chi connectivity index (χ1v) is 6.76. The van der Waals surface area contributed by atoms with Crippen LogP contribution >= 0.6 is 11.6 Å². The van der Waals surface area contributed by atoms with Crippen LogP contribution in [0.3, 0.4) is 0 Å². The molecular weight excluding hydrogens is 260 g/mol. The van der Waals surface area contributed by atoms with Crippen LogP contribution in [0, 0.1) is 0 Å². The third-order valence-corrected chi connectivity index (χ3v) is 3.20. The summed E-state index contributed by atoms with van der Waals surface area (Å²) in [6.07, 6.45) is 10.5. The molecule has 5 heteroatoms. The van der Waals surface area contributed by atoms with Crippen molar-refractivity contribution in [1.29, 1.82) is 0 Å². The van der Waals surface area contributed by atoms with Gasteiger partial charge < -0.3 is 5.32 Å². The number of nitrogens with one attached hydrogen (secondary N) is 1. The van der Waals surface area contributed by atoms with Crippen molar-refractivity contribution >= 4 is 11.6 Å². The van der Waals surface area contributed by atoms with Crippen LogP contribution in [0.5, 0.6) is 0 Å². The summed E-state index contributed by atoms with van der Waals surface area (Å²) in [5.74, 6) is 0. The van der Waals surface area contributed by atoms with Crippen LogP contribution in [-0.4, -0.2) is 21.5 Å². The van der Waals surface area contributed by atoms with E-state index in [4.69, 9.17) is 11.6 Å². The molecule has 4 nitrogen and oxygen atoms in total. The number of rotatable bonds is 6. The van der Waals surface area contributed by atoms with E-state index in [0.717, 1.165) is 30.6 Å². The highest BCUT2D eigenvalue weighted by atomic mass is 35.5. The van der Waals surface area contributed by atoms with E-state index in [-0.39, 0.29) is 6.04 Å². The second-order valence-electron chi connectivity index (χ2n) is 4.31. The summed E-state index contributed by atoms with van der Waals surface area (Å²) in [5, 5.41) is 4.17. The average Bonchev–Trinajstić information content (AvgIpc) is 2.46. The van der Waals surface area contributed by atoms with Gasteiger partial charge in [0.2, 0.25) is 0 Å². The zero-order valence-electron chi connectivity index (χ0n) is 10.9. The van der Waals surface area contributed by atoms with Crippen molar-refractivity contribution in [2.75, 3.05) is 6.54 Å². The Morgan fingerprint density at radius 3 is 2.74 bits per heavy atom. The number of nitrogens with zero attached hydrogens (tertiary/aromatic N) is 3. The van der Waals surface area contributed by atoms with Crippen LogP contribution in [-0.2, 0) is 6.42 Å². The minimum atomic E-state index is 0.119. The van der Waals surface area contributed by atoms with Crippen LogP contribution in [0.25, 0.3) is 0 Å².